The van der Waals surface area contributed by atoms with Gasteiger partial charge in [-0.25, -0.2) is 9.89 Å². The smallest absolute Gasteiger partial charge is 0.344 e. The molecule has 2 rings (SSSR count). The Morgan fingerprint density at radius 1 is 1.30 bits per heavy atom. The van der Waals surface area contributed by atoms with E-state index < -0.39 is 0 Å². The van der Waals surface area contributed by atoms with Crippen molar-refractivity contribution < 1.29 is 4.79 Å². The van der Waals surface area contributed by atoms with Crippen LogP contribution in [-0.4, -0.2) is 32.5 Å². The van der Waals surface area contributed by atoms with E-state index in [-0.39, 0.29) is 16.8 Å². The number of hydrogen-bond acceptors (Lipinski definition) is 4. The minimum atomic E-state index is -0.321. The van der Waals surface area contributed by atoms with Gasteiger partial charge in [-0.1, -0.05) is 55.9 Å². The zero-order valence-corrected chi connectivity index (χ0v) is 14.4. The predicted molar refractivity (Wildman–Crippen MR) is 91.6 cm³/mol. The highest BCUT2D eigenvalue weighted by Gasteiger charge is 2.19. The first-order valence-electron chi connectivity index (χ1n) is 7.61. The molecule has 1 aromatic carbocycles. The average molecular weight is 334 g/mol. The van der Waals surface area contributed by atoms with Gasteiger partial charge in [0.1, 0.15) is 0 Å². The predicted octanol–water partition coefficient (Wildman–Crippen LogP) is 1.87. The highest BCUT2D eigenvalue weighted by Crippen LogP contribution is 2.20. The summed E-state index contributed by atoms with van der Waals surface area (Å²) in [7, 11) is 0. The van der Waals surface area contributed by atoms with Crippen molar-refractivity contribution >= 4 is 17.7 Å². The summed E-state index contributed by atoms with van der Waals surface area (Å²) in [5.41, 5.74) is 0.737. The van der Waals surface area contributed by atoms with E-state index in [0.29, 0.717) is 24.2 Å². The van der Waals surface area contributed by atoms with Crippen molar-refractivity contribution in [1.29, 1.82) is 0 Å². The van der Waals surface area contributed by atoms with Gasteiger partial charge in [0.05, 0.1) is 11.8 Å². The van der Waals surface area contributed by atoms with Gasteiger partial charge in [0, 0.05) is 6.54 Å². The van der Waals surface area contributed by atoms with Crippen molar-refractivity contribution in [1.82, 2.24) is 20.1 Å². The second-order valence-corrected chi connectivity index (χ2v) is 7.09. The van der Waals surface area contributed by atoms with Crippen LogP contribution in [0.2, 0.25) is 0 Å². The lowest BCUT2D eigenvalue weighted by Gasteiger charge is -2.13. The van der Waals surface area contributed by atoms with Crippen LogP contribution >= 0.6 is 11.8 Å². The van der Waals surface area contributed by atoms with Crippen LogP contribution in [0.5, 0.6) is 0 Å². The summed E-state index contributed by atoms with van der Waals surface area (Å²) >= 11 is 1.28. The number of carbonyl (C=O) groups excluding carboxylic acids is 1. The second-order valence-electron chi connectivity index (χ2n) is 5.78. The third kappa shape index (κ3) is 4.99. The molecule has 0 radical (unpaired) electrons. The molecule has 0 fully saturated rings. The number of nitrogens with one attached hydrogen (secondary N) is 2. The van der Waals surface area contributed by atoms with Gasteiger partial charge >= 0.3 is 5.69 Å². The molecule has 0 aliphatic heterocycles. The lowest BCUT2D eigenvalue weighted by atomic mass is 10.2. The molecule has 1 heterocycles. The van der Waals surface area contributed by atoms with Crippen LogP contribution in [-0.2, 0) is 11.3 Å². The maximum absolute atomic E-state index is 12.1. The summed E-state index contributed by atoms with van der Waals surface area (Å²) in [6, 6.07) is 9.68. The van der Waals surface area contributed by atoms with Gasteiger partial charge in [-0.15, -0.1) is 5.10 Å². The summed E-state index contributed by atoms with van der Waals surface area (Å²) in [6.07, 6.45) is 0. The maximum atomic E-state index is 12.1. The molecule has 1 atom stereocenters. The molecule has 0 saturated heterocycles. The molecule has 124 valence electrons. The molecule has 6 nitrogen and oxygen atoms in total. The van der Waals surface area contributed by atoms with E-state index >= 15 is 0 Å². The van der Waals surface area contributed by atoms with Crippen molar-refractivity contribution in [3.63, 3.8) is 0 Å². The molecule has 0 spiro atoms. The van der Waals surface area contributed by atoms with E-state index in [2.05, 4.69) is 15.5 Å². The number of aromatic amines is 1. The summed E-state index contributed by atoms with van der Waals surface area (Å²) in [5.74, 6) is 0.350. The largest absolute Gasteiger partial charge is 0.355 e. The Kier molecular flexibility index (Phi) is 6.04. The highest BCUT2D eigenvalue weighted by molar-refractivity contribution is 8.00. The molecule has 0 aliphatic carbocycles. The number of thioether (sulfide) groups is 1. The van der Waals surface area contributed by atoms with Crippen molar-refractivity contribution in [2.24, 2.45) is 5.92 Å². The van der Waals surface area contributed by atoms with Crippen molar-refractivity contribution in [3.8, 4) is 0 Å². The minimum Gasteiger partial charge on any atom is -0.355 e. The number of aromatic nitrogens is 3. The van der Waals surface area contributed by atoms with E-state index in [1.165, 1.54) is 11.8 Å². The quantitative estimate of drug-likeness (QED) is 0.758. The van der Waals surface area contributed by atoms with E-state index in [1.54, 1.807) is 4.57 Å². The summed E-state index contributed by atoms with van der Waals surface area (Å²) in [6.45, 7) is 6.97. The Balaban J connectivity index is 2.06. The van der Waals surface area contributed by atoms with Gasteiger partial charge in [0.2, 0.25) is 5.91 Å². The molecule has 2 aromatic rings. The Morgan fingerprint density at radius 2 is 2.00 bits per heavy atom. The van der Waals surface area contributed by atoms with Crippen LogP contribution in [0.3, 0.4) is 0 Å². The van der Waals surface area contributed by atoms with E-state index in [9.17, 15) is 9.59 Å². The summed E-state index contributed by atoms with van der Waals surface area (Å²) in [4.78, 5) is 24.0. The van der Waals surface area contributed by atoms with Gasteiger partial charge in [-0.05, 0) is 18.4 Å². The number of carbonyl (C=O) groups is 1. The van der Waals surface area contributed by atoms with Crippen molar-refractivity contribution in [2.45, 2.75) is 37.7 Å². The fourth-order valence-corrected chi connectivity index (χ4v) is 2.84. The first kappa shape index (κ1) is 17.3. The van der Waals surface area contributed by atoms with Crippen LogP contribution < -0.4 is 11.0 Å². The third-order valence-electron chi connectivity index (χ3n) is 3.24. The lowest BCUT2D eigenvalue weighted by molar-refractivity contribution is -0.120. The van der Waals surface area contributed by atoms with Crippen LogP contribution in [0.15, 0.2) is 40.3 Å². The van der Waals surface area contributed by atoms with Gasteiger partial charge in [-0.2, -0.15) is 0 Å². The number of benzene rings is 1. The Labute approximate surface area is 139 Å². The molecule has 0 saturated carbocycles. The topological polar surface area (TPSA) is 79.8 Å². The van der Waals surface area contributed by atoms with Gasteiger partial charge in [0.25, 0.3) is 0 Å². The first-order valence-corrected chi connectivity index (χ1v) is 8.49. The minimum absolute atomic E-state index is 0.0505. The molecule has 23 heavy (non-hydrogen) atoms. The summed E-state index contributed by atoms with van der Waals surface area (Å²) < 4.78 is 1.55. The number of hydrogen-bond donors (Lipinski definition) is 2. The average Bonchev–Trinajstić information content (AvgIpc) is 2.86. The number of nitrogens with zero attached hydrogens (tertiary/aromatic N) is 2. The standard InChI is InChI=1S/C16H22N4O2S/c1-11(2)9-17-14(21)12(3)23-16-19-18-15(22)20(16)10-13-7-5-4-6-8-13/h4-8,11-12H,9-10H2,1-3H3,(H,17,21)(H,18,22). The first-order chi connectivity index (χ1) is 11.0. The normalized spacial score (nSPS) is 12.3. The summed E-state index contributed by atoms with van der Waals surface area (Å²) in [5, 5.41) is 9.59. The number of rotatable bonds is 7. The molecular formula is C16H22N4O2S. The lowest BCUT2D eigenvalue weighted by Crippen LogP contribution is -2.33. The van der Waals surface area contributed by atoms with E-state index in [1.807, 2.05) is 51.1 Å². The third-order valence-corrected chi connectivity index (χ3v) is 4.33. The van der Waals surface area contributed by atoms with E-state index in [0.717, 1.165) is 5.56 Å². The Morgan fingerprint density at radius 3 is 2.65 bits per heavy atom. The Hall–Kier alpha value is -2.02. The van der Waals surface area contributed by atoms with Crippen molar-refractivity contribution in [3.05, 3.63) is 46.4 Å². The molecule has 0 bridgehead atoms. The van der Waals surface area contributed by atoms with Crippen LogP contribution in [0.4, 0.5) is 0 Å². The molecule has 2 N–H and O–H groups in total. The molecule has 1 unspecified atom stereocenters. The van der Waals surface area contributed by atoms with Crippen LogP contribution in [0, 0.1) is 5.92 Å². The monoisotopic (exact) mass is 334 g/mol. The van der Waals surface area contributed by atoms with E-state index in [4.69, 9.17) is 0 Å². The van der Waals surface area contributed by atoms with Crippen molar-refractivity contribution in [2.75, 3.05) is 6.54 Å². The molecule has 0 aliphatic rings. The highest BCUT2D eigenvalue weighted by atomic mass is 32.2. The van der Waals surface area contributed by atoms with Gasteiger partial charge in [-0.3, -0.25) is 9.36 Å². The van der Waals surface area contributed by atoms with Gasteiger partial charge < -0.3 is 5.32 Å². The van der Waals surface area contributed by atoms with Gasteiger partial charge in [0.15, 0.2) is 5.16 Å². The molecule has 1 amide bonds. The molecular weight excluding hydrogens is 312 g/mol. The number of H-pyrrole nitrogens is 1. The maximum Gasteiger partial charge on any atom is 0.344 e. The molecule has 1 aromatic heterocycles. The Bertz CT molecular complexity index is 694. The fraction of sp³-hybridized carbons (Fsp3) is 0.438. The molecule has 7 heteroatoms. The second kappa shape index (κ2) is 8.01. The van der Waals surface area contributed by atoms with Crippen LogP contribution in [0.1, 0.15) is 26.3 Å². The fourth-order valence-electron chi connectivity index (χ4n) is 1.96. The zero-order valence-electron chi connectivity index (χ0n) is 13.6. The zero-order chi connectivity index (χ0) is 16.8. The SMILES string of the molecule is CC(C)CNC(=O)C(C)Sc1n[nH]c(=O)n1Cc1ccccc1. The number of amides is 1. The van der Waals surface area contributed by atoms with Crippen LogP contribution in [0.25, 0.3) is 0 Å².